The van der Waals surface area contributed by atoms with Crippen LogP contribution in [0.1, 0.15) is 10.5 Å². The standard InChI is InChI=1S/C19H13N5O3/c25-18(21-14-6-2-1-3-7-14)16-9-10-17(23-22-16)27-15-8-4-5-13(11-15)19-24-20-12-26-19/h1-12H,(H,21,25). The number of amides is 1. The lowest BCUT2D eigenvalue weighted by Gasteiger charge is -2.06. The summed E-state index contributed by atoms with van der Waals surface area (Å²) in [5, 5.41) is 18.1. The van der Waals surface area contributed by atoms with Crippen LogP contribution in [0.3, 0.4) is 0 Å². The molecule has 132 valence electrons. The maximum atomic E-state index is 12.2. The monoisotopic (exact) mass is 359 g/mol. The molecule has 2 aromatic carbocycles. The lowest BCUT2D eigenvalue weighted by Crippen LogP contribution is -2.14. The van der Waals surface area contributed by atoms with Gasteiger partial charge in [-0.25, -0.2) is 0 Å². The number of anilines is 1. The van der Waals surface area contributed by atoms with Crippen LogP contribution < -0.4 is 10.1 Å². The smallest absolute Gasteiger partial charge is 0.276 e. The normalized spacial score (nSPS) is 10.4. The van der Waals surface area contributed by atoms with E-state index in [2.05, 4.69) is 25.7 Å². The Bertz CT molecular complexity index is 1030. The predicted octanol–water partition coefficient (Wildman–Crippen LogP) is 3.57. The van der Waals surface area contributed by atoms with Gasteiger partial charge in [-0.05, 0) is 36.4 Å². The minimum absolute atomic E-state index is 0.186. The number of hydrogen-bond donors (Lipinski definition) is 1. The highest BCUT2D eigenvalue weighted by molar-refractivity contribution is 6.02. The molecule has 0 radical (unpaired) electrons. The molecule has 0 saturated carbocycles. The van der Waals surface area contributed by atoms with Gasteiger partial charge >= 0.3 is 0 Å². The quantitative estimate of drug-likeness (QED) is 0.581. The summed E-state index contributed by atoms with van der Waals surface area (Å²) in [6, 6.07) is 19.4. The number of carbonyl (C=O) groups is 1. The molecule has 0 aliphatic heterocycles. The van der Waals surface area contributed by atoms with E-state index in [-0.39, 0.29) is 17.5 Å². The Morgan fingerprint density at radius 2 is 1.81 bits per heavy atom. The van der Waals surface area contributed by atoms with E-state index in [1.807, 2.05) is 24.3 Å². The molecule has 4 rings (SSSR count). The number of rotatable bonds is 5. The molecule has 1 N–H and O–H groups in total. The van der Waals surface area contributed by atoms with Gasteiger partial charge in [0.15, 0.2) is 5.69 Å². The third-order valence-electron chi connectivity index (χ3n) is 3.57. The molecule has 0 unspecified atom stereocenters. The molecule has 8 heteroatoms. The third kappa shape index (κ3) is 3.96. The first-order chi connectivity index (χ1) is 13.3. The third-order valence-corrected chi connectivity index (χ3v) is 3.57. The highest BCUT2D eigenvalue weighted by atomic mass is 16.5. The molecule has 0 aliphatic carbocycles. The summed E-state index contributed by atoms with van der Waals surface area (Å²) in [4.78, 5) is 12.2. The first kappa shape index (κ1) is 16.4. The fourth-order valence-electron chi connectivity index (χ4n) is 2.32. The highest BCUT2D eigenvalue weighted by Gasteiger charge is 2.10. The van der Waals surface area contributed by atoms with E-state index in [1.54, 1.807) is 42.5 Å². The Morgan fingerprint density at radius 1 is 0.926 bits per heavy atom. The van der Waals surface area contributed by atoms with Gasteiger partial charge in [0.05, 0.1) is 0 Å². The van der Waals surface area contributed by atoms with Crippen LogP contribution in [-0.2, 0) is 0 Å². The summed E-state index contributed by atoms with van der Waals surface area (Å²) in [5.74, 6) is 0.827. The number of carbonyl (C=O) groups excluding carboxylic acids is 1. The van der Waals surface area contributed by atoms with Gasteiger partial charge in [0.2, 0.25) is 18.2 Å². The second-order valence-corrected chi connectivity index (χ2v) is 5.45. The summed E-state index contributed by atoms with van der Waals surface area (Å²) in [6.45, 7) is 0. The molecule has 0 spiro atoms. The highest BCUT2D eigenvalue weighted by Crippen LogP contribution is 2.25. The first-order valence-corrected chi connectivity index (χ1v) is 8.02. The van der Waals surface area contributed by atoms with Gasteiger partial charge < -0.3 is 14.5 Å². The lowest BCUT2D eigenvalue weighted by molar-refractivity contribution is 0.102. The second-order valence-electron chi connectivity index (χ2n) is 5.45. The van der Waals surface area contributed by atoms with Gasteiger partial charge in [-0.1, -0.05) is 24.3 Å². The molecule has 0 saturated heterocycles. The van der Waals surface area contributed by atoms with E-state index >= 15 is 0 Å². The van der Waals surface area contributed by atoms with Crippen molar-refractivity contribution in [1.82, 2.24) is 20.4 Å². The van der Waals surface area contributed by atoms with Crippen LogP contribution >= 0.6 is 0 Å². The zero-order valence-corrected chi connectivity index (χ0v) is 13.9. The number of hydrogen-bond acceptors (Lipinski definition) is 7. The van der Waals surface area contributed by atoms with Crippen LogP contribution in [0.2, 0.25) is 0 Å². The molecule has 27 heavy (non-hydrogen) atoms. The van der Waals surface area contributed by atoms with Gasteiger partial charge in [-0.3, -0.25) is 4.79 Å². The van der Waals surface area contributed by atoms with Crippen molar-refractivity contribution in [2.75, 3.05) is 5.32 Å². The Morgan fingerprint density at radius 3 is 2.56 bits per heavy atom. The van der Waals surface area contributed by atoms with E-state index < -0.39 is 0 Å². The number of benzene rings is 2. The van der Waals surface area contributed by atoms with Crippen molar-refractivity contribution in [3.05, 3.63) is 78.8 Å². The molecule has 0 fully saturated rings. The van der Waals surface area contributed by atoms with Crippen LogP contribution in [0.15, 0.2) is 77.5 Å². The lowest BCUT2D eigenvalue weighted by atomic mass is 10.2. The summed E-state index contributed by atoms with van der Waals surface area (Å²) >= 11 is 0. The van der Waals surface area contributed by atoms with E-state index in [0.717, 1.165) is 5.56 Å². The Balaban J connectivity index is 1.45. The SMILES string of the molecule is O=C(Nc1ccccc1)c1ccc(Oc2cccc(-c3nnco3)c2)nn1. The van der Waals surface area contributed by atoms with Gasteiger partial charge in [-0.2, -0.15) is 0 Å². The summed E-state index contributed by atoms with van der Waals surface area (Å²) < 4.78 is 10.8. The van der Waals surface area contributed by atoms with Crippen LogP contribution in [0.25, 0.3) is 11.5 Å². The second kappa shape index (κ2) is 7.44. The molecule has 0 bridgehead atoms. The largest absolute Gasteiger partial charge is 0.438 e. The Hall–Kier alpha value is -4.07. The molecule has 2 heterocycles. The Labute approximate surface area is 153 Å². The number of ether oxygens (including phenoxy) is 1. The maximum Gasteiger partial charge on any atom is 0.276 e. The van der Waals surface area contributed by atoms with Crippen LogP contribution in [0.5, 0.6) is 11.6 Å². The summed E-state index contributed by atoms with van der Waals surface area (Å²) in [6.07, 6.45) is 1.26. The minimum atomic E-state index is -0.348. The topological polar surface area (TPSA) is 103 Å². The van der Waals surface area contributed by atoms with Gasteiger partial charge in [0.25, 0.3) is 5.91 Å². The van der Waals surface area contributed by atoms with E-state index in [9.17, 15) is 4.79 Å². The molecular formula is C19H13N5O3. The molecule has 2 aromatic heterocycles. The van der Waals surface area contributed by atoms with Crippen molar-refractivity contribution in [2.24, 2.45) is 0 Å². The van der Waals surface area contributed by atoms with Crippen LogP contribution in [0, 0.1) is 0 Å². The van der Waals surface area contributed by atoms with Crippen molar-refractivity contribution in [2.45, 2.75) is 0 Å². The molecule has 0 aliphatic rings. The maximum absolute atomic E-state index is 12.2. The number of nitrogens with one attached hydrogen (secondary N) is 1. The number of aromatic nitrogens is 4. The van der Waals surface area contributed by atoms with Crippen molar-refractivity contribution in [1.29, 1.82) is 0 Å². The van der Waals surface area contributed by atoms with Crippen molar-refractivity contribution in [3.8, 4) is 23.1 Å². The van der Waals surface area contributed by atoms with Crippen molar-refractivity contribution < 1.29 is 13.9 Å². The zero-order valence-electron chi connectivity index (χ0n) is 13.9. The van der Waals surface area contributed by atoms with Gasteiger partial charge in [0.1, 0.15) is 5.75 Å². The van der Waals surface area contributed by atoms with Crippen molar-refractivity contribution in [3.63, 3.8) is 0 Å². The molecule has 4 aromatic rings. The van der Waals surface area contributed by atoms with Crippen LogP contribution in [0.4, 0.5) is 5.69 Å². The molecule has 8 nitrogen and oxygen atoms in total. The van der Waals surface area contributed by atoms with Gasteiger partial charge in [-0.15, -0.1) is 20.4 Å². The molecule has 0 atom stereocenters. The molecule has 1 amide bonds. The van der Waals surface area contributed by atoms with E-state index in [0.29, 0.717) is 17.3 Å². The first-order valence-electron chi connectivity index (χ1n) is 8.02. The zero-order chi connectivity index (χ0) is 18.5. The summed E-state index contributed by atoms with van der Waals surface area (Å²) in [7, 11) is 0. The Kier molecular flexibility index (Phi) is 4.52. The predicted molar refractivity (Wildman–Crippen MR) is 96.2 cm³/mol. The minimum Gasteiger partial charge on any atom is -0.438 e. The average molecular weight is 359 g/mol. The molecular weight excluding hydrogens is 346 g/mol. The van der Waals surface area contributed by atoms with E-state index in [4.69, 9.17) is 9.15 Å². The fourth-order valence-corrected chi connectivity index (χ4v) is 2.32. The summed E-state index contributed by atoms with van der Waals surface area (Å²) in [5.41, 5.74) is 1.59. The number of nitrogens with zero attached hydrogens (tertiary/aromatic N) is 4. The van der Waals surface area contributed by atoms with Crippen molar-refractivity contribution >= 4 is 11.6 Å². The average Bonchev–Trinajstić information content (AvgIpc) is 3.24. The number of para-hydroxylation sites is 1. The fraction of sp³-hybridized carbons (Fsp3) is 0. The van der Waals surface area contributed by atoms with Crippen LogP contribution in [-0.4, -0.2) is 26.3 Å². The van der Waals surface area contributed by atoms with E-state index in [1.165, 1.54) is 6.39 Å². The van der Waals surface area contributed by atoms with Gasteiger partial charge in [0, 0.05) is 17.3 Å².